The van der Waals surface area contributed by atoms with Gasteiger partial charge in [-0.05, 0) is 79.4 Å². The van der Waals surface area contributed by atoms with Gasteiger partial charge < -0.3 is 14.2 Å². The molecule has 1 N–H and O–H groups in total. The molecule has 0 bridgehead atoms. The molecule has 0 atom stereocenters. The van der Waals surface area contributed by atoms with Crippen molar-refractivity contribution >= 4 is 67.2 Å². The third-order valence-electron chi connectivity index (χ3n) is 4.78. The molecule has 0 aliphatic carbocycles. The third kappa shape index (κ3) is 6.44. The number of rotatable bonds is 7. The second kappa shape index (κ2) is 11.4. The fourth-order valence-corrected chi connectivity index (χ4v) is 5.10. The van der Waals surface area contributed by atoms with Gasteiger partial charge in [0.05, 0.1) is 21.6 Å². The van der Waals surface area contributed by atoms with Crippen LogP contribution in [0.3, 0.4) is 0 Å². The Morgan fingerprint density at radius 3 is 2.50 bits per heavy atom. The van der Waals surface area contributed by atoms with Crippen LogP contribution in [-0.2, 0) is 17.8 Å². The molecule has 10 heteroatoms. The second-order valence-electron chi connectivity index (χ2n) is 7.29. The average molecular weight is 629 g/mol. The first kappa shape index (κ1) is 24.9. The summed E-state index contributed by atoms with van der Waals surface area (Å²) in [6.45, 7) is 1.30. The number of ether oxygens (including phenoxy) is 3. The number of benzene rings is 3. The van der Waals surface area contributed by atoms with Gasteiger partial charge in [-0.25, -0.2) is 5.43 Å². The van der Waals surface area contributed by atoms with Crippen LogP contribution in [0.15, 0.2) is 62.6 Å². The number of amides is 1. The van der Waals surface area contributed by atoms with Gasteiger partial charge in [-0.3, -0.25) is 4.79 Å². The molecule has 0 fully saturated rings. The highest BCUT2D eigenvalue weighted by molar-refractivity contribution is 9.11. The summed E-state index contributed by atoms with van der Waals surface area (Å²) in [6, 6.07) is 14.4. The average Bonchev–Trinajstić information content (AvgIpc) is 2.79. The molecular formula is C24H18Br2Cl2N2O4. The van der Waals surface area contributed by atoms with E-state index in [1.807, 2.05) is 30.3 Å². The summed E-state index contributed by atoms with van der Waals surface area (Å²) in [5.41, 5.74) is 4.93. The van der Waals surface area contributed by atoms with Crippen LogP contribution >= 0.6 is 55.1 Å². The van der Waals surface area contributed by atoms with Crippen LogP contribution in [-0.4, -0.2) is 25.3 Å². The number of carbonyl (C=O) groups is 1. The maximum absolute atomic E-state index is 12.3. The fourth-order valence-electron chi connectivity index (χ4n) is 3.18. The monoisotopic (exact) mass is 626 g/mol. The Morgan fingerprint density at radius 2 is 1.76 bits per heavy atom. The Balaban J connectivity index is 1.34. The maximum Gasteiger partial charge on any atom is 0.244 e. The zero-order valence-electron chi connectivity index (χ0n) is 17.6. The van der Waals surface area contributed by atoms with Gasteiger partial charge in [-0.15, -0.1) is 0 Å². The van der Waals surface area contributed by atoms with E-state index in [0.29, 0.717) is 40.5 Å². The lowest BCUT2D eigenvalue weighted by molar-refractivity contribution is -0.120. The zero-order chi connectivity index (χ0) is 24.1. The van der Waals surface area contributed by atoms with Gasteiger partial charge in [-0.2, -0.15) is 5.10 Å². The Morgan fingerprint density at radius 1 is 1.03 bits per heavy atom. The predicted octanol–water partition coefficient (Wildman–Crippen LogP) is 6.56. The molecule has 1 aliphatic heterocycles. The minimum atomic E-state index is -0.245. The van der Waals surface area contributed by atoms with E-state index in [1.54, 1.807) is 24.4 Å². The van der Waals surface area contributed by atoms with Crippen LogP contribution in [0.5, 0.6) is 17.2 Å². The summed E-state index contributed by atoms with van der Waals surface area (Å²) in [5.74, 6) is 1.71. The molecule has 1 amide bonds. The van der Waals surface area contributed by atoms with Gasteiger partial charge in [0, 0.05) is 15.6 Å². The van der Waals surface area contributed by atoms with E-state index >= 15 is 0 Å². The molecule has 0 saturated heterocycles. The SMILES string of the molecule is O=C(Cc1ccc2c(c1)OCCO2)N/N=C/c1cc(Br)c(OCc2ccc(Cl)cc2Cl)c(Br)c1. The molecule has 0 unspecified atom stereocenters. The van der Waals surface area contributed by atoms with Crippen molar-refractivity contribution in [1.29, 1.82) is 0 Å². The largest absolute Gasteiger partial charge is 0.486 e. The van der Waals surface area contributed by atoms with Crippen LogP contribution in [0.1, 0.15) is 16.7 Å². The van der Waals surface area contributed by atoms with Crippen LogP contribution < -0.4 is 19.6 Å². The molecular weight excluding hydrogens is 611 g/mol. The van der Waals surface area contributed by atoms with E-state index < -0.39 is 0 Å². The molecule has 1 aliphatic rings. The first-order valence-corrected chi connectivity index (χ1v) is 12.5. The first-order chi connectivity index (χ1) is 16.4. The molecule has 3 aromatic rings. The lowest BCUT2D eigenvalue weighted by atomic mass is 10.1. The number of nitrogens with zero attached hydrogens (tertiary/aromatic N) is 1. The number of hydrogen-bond donors (Lipinski definition) is 1. The molecule has 34 heavy (non-hydrogen) atoms. The standard InChI is InChI=1S/C24H18Br2Cl2N2O4/c25-18-7-15(8-19(26)24(18)34-13-16-2-3-17(27)11-20(16)28)12-29-30-23(31)10-14-1-4-21-22(9-14)33-6-5-32-21/h1-4,7-9,11-12H,5-6,10,13H2,(H,30,31)/b29-12+. The van der Waals surface area contributed by atoms with E-state index in [-0.39, 0.29) is 18.9 Å². The first-order valence-electron chi connectivity index (χ1n) is 10.2. The molecule has 3 aromatic carbocycles. The Bertz CT molecular complexity index is 1230. The lowest BCUT2D eigenvalue weighted by Crippen LogP contribution is -2.20. The minimum absolute atomic E-state index is 0.168. The molecule has 0 aromatic heterocycles. The van der Waals surface area contributed by atoms with Crippen molar-refractivity contribution < 1.29 is 19.0 Å². The van der Waals surface area contributed by atoms with E-state index in [0.717, 1.165) is 25.6 Å². The zero-order valence-corrected chi connectivity index (χ0v) is 22.3. The summed E-state index contributed by atoms with van der Waals surface area (Å²) in [7, 11) is 0. The summed E-state index contributed by atoms with van der Waals surface area (Å²) >= 11 is 19.2. The van der Waals surface area contributed by atoms with Crippen LogP contribution in [0.4, 0.5) is 0 Å². The summed E-state index contributed by atoms with van der Waals surface area (Å²) in [5, 5.41) is 5.16. The van der Waals surface area contributed by atoms with Crippen LogP contribution in [0.25, 0.3) is 0 Å². The number of hydrogen-bond acceptors (Lipinski definition) is 5. The van der Waals surface area contributed by atoms with Gasteiger partial charge in [-0.1, -0.05) is 35.3 Å². The Hall–Kier alpha value is -2.26. The predicted molar refractivity (Wildman–Crippen MR) is 140 cm³/mol. The van der Waals surface area contributed by atoms with Crippen molar-refractivity contribution in [2.75, 3.05) is 13.2 Å². The molecule has 6 nitrogen and oxygen atoms in total. The molecule has 4 rings (SSSR count). The number of fused-ring (bicyclic) bond motifs is 1. The van der Waals surface area contributed by atoms with Gasteiger partial charge in [0.25, 0.3) is 0 Å². The van der Waals surface area contributed by atoms with E-state index in [2.05, 4.69) is 42.4 Å². The van der Waals surface area contributed by atoms with Crippen LogP contribution in [0, 0.1) is 0 Å². The highest BCUT2D eigenvalue weighted by atomic mass is 79.9. The van der Waals surface area contributed by atoms with Gasteiger partial charge in [0.2, 0.25) is 5.91 Å². The highest BCUT2D eigenvalue weighted by Gasteiger charge is 2.13. The molecule has 0 radical (unpaired) electrons. The van der Waals surface area contributed by atoms with Crippen molar-refractivity contribution in [2.45, 2.75) is 13.0 Å². The topological polar surface area (TPSA) is 69.2 Å². The molecule has 0 saturated carbocycles. The quantitative estimate of drug-likeness (QED) is 0.238. The van der Waals surface area contributed by atoms with Gasteiger partial charge in [0.1, 0.15) is 25.6 Å². The van der Waals surface area contributed by atoms with Gasteiger partial charge in [0.15, 0.2) is 11.5 Å². The van der Waals surface area contributed by atoms with Crippen molar-refractivity contribution in [3.8, 4) is 17.2 Å². The van der Waals surface area contributed by atoms with Crippen molar-refractivity contribution in [3.05, 3.63) is 84.2 Å². The number of nitrogens with one attached hydrogen (secondary N) is 1. The van der Waals surface area contributed by atoms with E-state index in [4.69, 9.17) is 37.4 Å². The lowest BCUT2D eigenvalue weighted by Gasteiger charge is -2.18. The van der Waals surface area contributed by atoms with Crippen molar-refractivity contribution in [3.63, 3.8) is 0 Å². The summed E-state index contributed by atoms with van der Waals surface area (Å²) < 4.78 is 18.4. The van der Waals surface area contributed by atoms with E-state index in [9.17, 15) is 4.79 Å². The molecule has 176 valence electrons. The van der Waals surface area contributed by atoms with Crippen LogP contribution in [0.2, 0.25) is 10.0 Å². The number of hydrazone groups is 1. The fraction of sp³-hybridized carbons (Fsp3) is 0.167. The minimum Gasteiger partial charge on any atom is -0.486 e. The smallest absolute Gasteiger partial charge is 0.244 e. The molecule has 1 heterocycles. The Kier molecular flexibility index (Phi) is 8.37. The van der Waals surface area contributed by atoms with Crippen molar-refractivity contribution in [1.82, 2.24) is 5.43 Å². The maximum atomic E-state index is 12.3. The normalized spacial score (nSPS) is 12.6. The summed E-state index contributed by atoms with van der Waals surface area (Å²) in [6.07, 6.45) is 1.72. The van der Waals surface area contributed by atoms with Crippen molar-refractivity contribution in [2.24, 2.45) is 5.10 Å². The summed E-state index contributed by atoms with van der Waals surface area (Å²) in [4.78, 5) is 12.3. The highest BCUT2D eigenvalue weighted by Crippen LogP contribution is 2.35. The van der Waals surface area contributed by atoms with E-state index in [1.165, 1.54) is 0 Å². The molecule has 0 spiro atoms. The Labute approximate surface area is 223 Å². The third-order valence-corrected chi connectivity index (χ3v) is 6.55. The number of halogens is 4. The van der Waals surface area contributed by atoms with Gasteiger partial charge >= 0.3 is 0 Å². The number of carbonyl (C=O) groups excluding carboxylic acids is 1. The second-order valence-corrected chi connectivity index (χ2v) is 9.84.